The number of halogens is 1. The van der Waals surface area contributed by atoms with Gasteiger partial charge in [0, 0.05) is 24.6 Å². The molecule has 1 heterocycles. The van der Waals surface area contributed by atoms with Gasteiger partial charge in [0.2, 0.25) is 0 Å². The Morgan fingerprint density at radius 1 is 0.923 bits per heavy atom. The number of guanidine groups is 1. The lowest BCUT2D eigenvalue weighted by molar-refractivity contribution is 0.107. The Morgan fingerprint density at radius 3 is 2.15 bits per heavy atom. The van der Waals surface area contributed by atoms with Crippen molar-refractivity contribution in [2.75, 3.05) is 24.6 Å². The minimum absolute atomic E-state index is 0. The highest BCUT2D eigenvalue weighted by molar-refractivity contribution is 14.0. The summed E-state index contributed by atoms with van der Waals surface area (Å²) in [5.74, 6) is 2.93. The molecule has 0 radical (unpaired) electrons. The standard InChI is InChI=1S/C20H25N3OS.HI/c21-20(23-10-12-25-13-11-23)22-14-17-6-8-19(9-7-17)16-24-15-18-4-2-1-3-5-18;/h1-9H,10-16H2,(H2,21,22);1H. The Labute approximate surface area is 177 Å². The highest BCUT2D eigenvalue weighted by Gasteiger charge is 2.11. The SMILES string of the molecule is I.NC(=NCc1ccc(COCc2ccccc2)cc1)N1CCSCC1. The maximum atomic E-state index is 6.09. The first-order valence-corrected chi connectivity index (χ1v) is 9.79. The molecule has 1 aliphatic rings. The molecule has 0 aliphatic carbocycles. The Balaban J connectivity index is 0.00000243. The van der Waals surface area contributed by atoms with Crippen LogP contribution >= 0.6 is 35.7 Å². The van der Waals surface area contributed by atoms with Crippen LogP contribution in [0.2, 0.25) is 0 Å². The van der Waals surface area contributed by atoms with E-state index in [1.165, 1.54) is 16.7 Å². The molecule has 2 aromatic rings. The van der Waals surface area contributed by atoms with Crippen molar-refractivity contribution in [2.24, 2.45) is 10.7 Å². The Bertz CT molecular complexity index is 673. The van der Waals surface area contributed by atoms with Crippen LogP contribution in [0.5, 0.6) is 0 Å². The Kier molecular flexibility index (Phi) is 9.28. The van der Waals surface area contributed by atoms with E-state index < -0.39 is 0 Å². The summed E-state index contributed by atoms with van der Waals surface area (Å²) >= 11 is 1.97. The van der Waals surface area contributed by atoms with E-state index in [0.29, 0.717) is 25.7 Å². The average Bonchev–Trinajstić information content (AvgIpc) is 2.68. The van der Waals surface area contributed by atoms with Gasteiger partial charge in [-0.25, -0.2) is 4.99 Å². The number of nitrogens with zero attached hydrogens (tertiary/aromatic N) is 2. The molecule has 140 valence electrons. The minimum atomic E-state index is 0. The zero-order valence-electron chi connectivity index (χ0n) is 14.8. The summed E-state index contributed by atoms with van der Waals surface area (Å²) in [4.78, 5) is 6.70. The summed E-state index contributed by atoms with van der Waals surface area (Å²) in [5.41, 5.74) is 9.63. The van der Waals surface area contributed by atoms with Crippen molar-refractivity contribution >= 4 is 41.7 Å². The van der Waals surface area contributed by atoms with Crippen molar-refractivity contribution in [1.29, 1.82) is 0 Å². The molecule has 2 N–H and O–H groups in total. The van der Waals surface area contributed by atoms with Gasteiger partial charge in [-0.3, -0.25) is 0 Å². The van der Waals surface area contributed by atoms with Crippen molar-refractivity contribution in [1.82, 2.24) is 4.90 Å². The molecule has 1 fully saturated rings. The second-order valence-corrected chi connectivity index (χ2v) is 7.29. The van der Waals surface area contributed by atoms with E-state index in [4.69, 9.17) is 10.5 Å². The number of benzene rings is 2. The fourth-order valence-electron chi connectivity index (χ4n) is 2.67. The number of aliphatic imine (C=N–C) groups is 1. The van der Waals surface area contributed by atoms with Crippen molar-refractivity contribution < 1.29 is 4.74 Å². The van der Waals surface area contributed by atoms with Crippen LogP contribution in [-0.2, 0) is 24.5 Å². The lowest BCUT2D eigenvalue weighted by Gasteiger charge is -2.27. The highest BCUT2D eigenvalue weighted by Crippen LogP contribution is 2.11. The molecule has 2 aromatic carbocycles. The number of thioether (sulfide) groups is 1. The fourth-order valence-corrected chi connectivity index (χ4v) is 3.57. The quantitative estimate of drug-likeness (QED) is 0.385. The van der Waals surface area contributed by atoms with Gasteiger partial charge in [0.1, 0.15) is 0 Å². The largest absolute Gasteiger partial charge is 0.372 e. The average molecular weight is 483 g/mol. The molecule has 0 bridgehead atoms. The number of hydrogen-bond acceptors (Lipinski definition) is 3. The molecule has 3 rings (SSSR count). The first kappa shape index (κ1) is 21.1. The first-order chi connectivity index (χ1) is 12.3. The molecule has 1 aliphatic heterocycles. The first-order valence-electron chi connectivity index (χ1n) is 8.63. The molecule has 0 saturated carbocycles. The van der Waals surface area contributed by atoms with Crippen LogP contribution in [0.1, 0.15) is 16.7 Å². The molecule has 1 saturated heterocycles. The third-order valence-corrected chi connectivity index (χ3v) is 5.10. The highest BCUT2D eigenvalue weighted by atomic mass is 127. The van der Waals surface area contributed by atoms with Gasteiger partial charge in [-0.2, -0.15) is 11.8 Å². The van der Waals surface area contributed by atoms with Crippen LogP contribution in [0.15, 0.2) is 59.6 Å². The van der Waals surface area contributed by atoms with Gasteiger partial charge in [0.05, 0.1) is 19.8 Å². The lowest BCUT2D eigenvalue weighted by atomic mass is 10.1. The van der Waals surface area contributed by atoms with Gasteiger partial charge >= 0.3 is 0 Å². The summed E-state index contributed by atoms with van der Waals surface area (Å²) in [7, 11) is 0. The van der Waals surface area contributed by atoms with Crippen molar-refractivity contribution in [3.63, 3.8) is 0 Å². The second-order valence-electron chi connectivity index (χ2n) is 6.07. The zero-order chi connectivity index (χ0) is 17.3. The van der Waals surface area contributed by atoms with Crippen molar-refractivity contribution in [3.05, 3.63) is 71.3 Å². The van der Waals surface area contributed by atoms with Crippen molar-refractivity contribution in [2.45, 2.75) is 19.8 Å². The summed E-state index contributed by atoms with van der Waals surface area (Å²) in [6.07, 6.45) is 0. The third-order valence-electron chi connectivity index (χ3n) is 4.16. The summed E-state index contributed by atoms with van der Waals surface area (Å²) < 4.78 is 5.77. The monoisotopic (exact) mass is 483 g/mol. The molecule has 4 nitrogen and oxygen atoms in total. The maximum absolute atomic E-state index is 6.09. The molecule has 0 unspecified atom stereocenters. The Morgan fingerprint density at radius 2 is 1.50 bits per heavy atom. The molecule has 0 aromatic heterocycles. The third kappa shape index (κ3) is 6.81. The number of nitrogens with two attached hydrogens (primary N) is 1. The van der Waals surface area contributed by atoms with Crippen LogP contribution in [0.4, 0.5) is 0 Å². The Hall–Kier alpha value is -1.25. The number of hydrogen-bond donors (Lipinski definition) is 1. The van der Waals surface area contributed by atoms with Gasteiger partial charge < -0.3 is 15.4 Å². The van der Waals surface area contributed by atoms with E-state index in [1.54, 1.807) is 0 Å². The molecule has 0 atom stereocenters. The molecule has 0 amide bonds. The topological polar surface area (TPSA) is 50.9 Å². The molecular formula is C20H26IN3OS. The maximum Gasteiger partial charge on any atom is 0.191 e. The predicted molar refractivity (Wildman–Crippen MR) is 121 cm³/mol. The van der Waals surface area contributed by atoms with Crippen LogP contribution in [0.3, 0.4) is 0 Å². The molecule has 0 spiro atoms. The smallest absolute Gasteiger partial charge is 0.191 e. The van der Waals surface area contributed by atoms with Crippen molar-refractivity contribution in [3.8, 4) is 0 Å². The second kappa shape index (κ2) is 11.5. The van der Waals surface area contributed by atoms with Crippen LogP contribution < -0.4 is 5.73 Å². The van der Waals surface area contributed by atoms with Crippen LogP contribution in [0.25, 0.3) is 0 Å². The van der Waals surface area contributed by atoms with Gasteiger partial charge in [0.15, 0.2) is 5.96 Å². The number of ether oxygens (including phenoxy) is 1. The van der Waals surface area contributed by atoms with Gasteiger partial charge in [0.25, 0.3) is 0 Å². The van der Waals surface area contributed by atoms with E-state index in [-0.39, 0.29) is 24.0 Å². The minimum Gasteiger partial charge on any atom is -0.372 e. The summed E-state index contributed by atoms with van der Waals surface area (Å²) in [6, 6.07) is 18.6. The number of rotatable bonds is 6. The van der Waals surface area contributed by atoms with Gasteiger partial charge in [-0.05, 0) is 16.7 Å². The van der Waals surface area contributed by atoms with E-state index in [0.717, 1.165) is 24.6 Å². The zero-order valence-corrected chi connectivity index (χ0v) is 18.0. The summed E-state index contributed by atoms with van der Waals surface area (Å²) in [5, 5.41) is 0. The van der Waals surface area contributed by atoms with Gasteiger partial charge in [-0.1, -0.05) is 54.6 Å². The molecular weight excluding hydrogens is 457 g/mol. The predicted octanol–water partition coefficient (Wildman–Crippen LogP) is 3.88. The normalized spacial score (nSPS) is 14.8. The fraction of sp³-hybridized carbons (Fsp3) is 0.350. The molecule has 26 heavy (non-hydrogen) atoms. The molecule has 6 heteroatoms. The van der Waals surface area contributed by atoms with E-state index in [9.17, 15) is 0 Å². The summed E-state index contributed by atoms with van der Waals surface area (Å²) in [6.45, 7) is 3.87. The lowest BCUT2D eigenvalue weighted by Crippen LogP contribution is -2.42. The van der Waals surface area contributed by atoms with E-state index in [1.807, 2.05) is 30.0 Å². The van der Waals surface area contributed by atoms with Crippen LogP contribution in [0, 0.1) is 0 Å². The van der Waals surface area contributed by atoms with Gasteiger partial charge in [-0.15, -0.1) is 24.0 Å². The van der Waals surface area contributed by atoms with Crippen LogP contribution in [-0.4, -0.2) is 35.5 Å². The van der Waals surface area contributed by atoms with E-state index in [2.05, 4.69) is 46.3 Å². The van der Waals surface area contributed by atoms with E-state index >= 15 is 0 Å².